The molecule has 0 spiro atoms. The molecule has 0 unspecified atom stereocenters. The Bertz CT molecular complexity index is 833. The van der Waals surface area contributed by atoms with Crippen LogP contribution in [0.3, 0.4) is 0 Å². The number of rotatable bonds is 6. The van der Waals surface area contributed by atoms with Crippen LogP contribution in [0, 0.1) is 0 Å². The molecular formula is C17H17ClN4O5. The minimum absolute atomic E-state index is 0.558. The van der Waals surface area contributed by atoms with Crippen molar-refractivity contribution in [2.45, 2.75) is 0 Å². The zero-order valence-corrected chi connectivity index (χ0v) is 14.8. The van der Waals surface area contributed by atoms with Crippen molar-refractivity contribution < 1.29 is 24.2 Å². The van der Waals surface area contributed by atoms with Crippen LogP contribution in [0.5, 0.6) is 0 Å². The first-order valence-corrected chi connectivity index (χ1v) is 8.17. The molecule has 0 bridgehead atoms. The highest BCUT2D eigenvalue weighted by molar-refractivity contribution is 6.31. The maximum Gasteiger partial charge on any atom is 0.328 e. The van der Waals surface area contributed by atoms with Gasteiger partial charge in [-0.05, 0) is 18.2 Å². The molecule has 2 aromatic rings. The fourth-order valence-electron chi connectivity index (χ4n) is 2.11. The molecule has 1 aromatic carbocycles. The minimum Gasteiger partial charge on any atom is -0.478 e. The quantitative estimate of drug-likeness (QED) is 0.548. The molecule has 9 nitrogen and oxygen atoms in total. The van der Waals surface area contributed by atoms with E-state index in [2.05, 4.69) is 20.6 Å². The number of hydrogen-bond donors (Lipinski definition) is 4. The number of hydrogen-bond acceptors (Lipinski definition) is 7. The van der Waals surface area contributed by atoms with E-state index >= 15 is 0 Å². The summed E-state index contributed by atoms with van der Waals surface area (Å²) in [5, 5.41) is 22.8. The van der Waals surface area contributed by atoms with E-state index in [0.29, 0.717) is 29.5 Å². The van der Waals surface area contributed by atoms with Gasteiger partial charge in [-0.25, -0.2) is 14.6 Å². The largest absolute Gasteiger partial charge is 0.478 e. The molecule has 142 valence electrons. The molecular weight excluding hydrogens is 376 g/mol. The molecule has 27 heavy (non-hydrogen) atoms. The summed E-state index contributed by atoms with van der Waals surface area (Å²) in [5.41, 5.74) is 1.83. The average molecular weight is 393 g/mol. The summed E-state index contributed by atoms with van der Waals surface area (Å²) < 4.78 is 5.33. The number of carboxylic acids is 2. The van der Waals surface area contributed by atoms with E-state index in [-0.39, 0.29) is 0 Å². The van der Waals surface area contributed by atoms with Gasteiger partial charge in [0.25, 0.3) is 0 Å². The van der Waals surface area contributed by atoms with Crippen molar-refractivity contribution in [3.05, 3.63) is 48.0 Å². The van der Waals surface area contributed by atoms with Gasteiger partial charge in [0.05, 0.1) is 19.3 Å². The Labute approximate surface area is 159 Å². The van der Waals surface area contributed by atoms with Gasteiger partial charge in [-0.2, -0.15) is 0 Å². The zero-order chi connectivity index (χ0) is 19.6. The zero-order valence-electron chi connectivity index (χ0n) is 14.1. The summed E-state index contributed by atoms with van der Waals surface area (Å²) in [7, 11) is 0. The first kappa shape index (κ1) is 20.0. The topological polar surface area (TPSA) is 137 Å². The lowest BCUT2D eigenvalue weighted by molar-refractivity contribution is -0.134. The van der Waals surface area contributed by atoms with Gasteiger partial charge in [0.15, 0.2) is 12.2 Å². The number of halogens is 1. The Balaban J connectivity index is 0.000000279. The number of oxazole rings is 1. The van der Waals surface area contributed by atoms with Crippen molar-refractivity contribution in [2.75, 3.05) is 25.0 Å². The Hall–Kier alpha value is -3.33. The smallest absolute Gasteiger partial charge is 0.328 e. The average Bonchev–Trinajstić information content (AvgIpc) is 3.32. The Morgan fingerprint density at radius 3 is 2.59 bits per heavy atom. The number of aliphatic imine (C=N–C) groups is 1. The third kappa shape index (κ3) is 6.83. The molecule has 0 saturated carbocycles. The predicted octanol–water partition coefficient (Wildman–Crippen LogP) is 2.12. The number of amidine groups is 1. The SMILES string of the molecule is Clc1ccc(-c2cnco2)c(NCC2=NCCN2)c1.O=C(O)C=CC(=O)O. The highest BCUT2D eigenvalue weighted by Gasteiger charge is 2.11. The first-order valence-electron chi connectivity index (χ1n) is 7.79. The van der Waals surface area contributed by atoms with E-state index in [4.69, 9.17) is 26.2 Å². The lowest BCUT2D eigenvalue weighted by atomic mass is 10.1. The van der Waals surface area contributed by atoms with Crippen molar-refractivity contribution in [1.82, 2.24) is 10.3 Å². The summed E-state index contributed by atoms with van der Waals surface area (Å²) in [6.45, 7) is 2.38. The molecule has 0 aliphatic carbocycles. The second-order valence-corrected chi connectivity index (χ2v) is 5.61. The molecule has 2 heterocycles. The van der Waals surface area contributed by atoms with Crippen LogP contribution in [0.1, 0.15) is 0 Å². The lowest BCUT2D eigenvalue weighted by Crippen LogP contribution is -2.26. The molecule has 1 aromatic heterocycles. The highest BCUT2D eigenvalue weighted by atomic mass is 35.5. The molecule has 0 amide bonds. The molecule has 10 heteroatoms. The van der Waals surface area contributed by atoms with E-state index in [9.17, 15) is 9.59 Å². The second kappa shape index (κ2) is 9.97. The van der Waals surface area contributed by atoms with E-state index in [1.165, 1.54) is 6.39 Å². The van der Waals surface area contributed by atoms with Gasteiger partial charge >= 0.3 is 11.9 Å². The number of anilines is 1. The fourth-order valence-corrected chi connectivity index (χ4v) is 2.29. The van der Waals surface area contributed by atoms with Crippen LogP contribution in [0.2, 0.25) is 5.02 Å². The van der Waals surface area contributed by atoms with Gasteiger partial charge in [0.2, 0.25) is 0 Å². The van der Waals surface area contributed by atoms with E-state index < -0.39 is 11.9 Å². The minimum atomic E-state index is -1.26. The Morgan fingerprint density at radius 1 is 1.30 bits per heavy atom. The number of benzene rings is 1. The van der Waals surface area contributed by atoms with Crippen molar-refractivity contribution in [3.63, 3.8) is 0 Å². The van der Waals surface area contributed by atoms with E-state index in [1.807, 2.05) is 18.2 Å². The third-order valence-corrected chi connectivity index (χ3v) is 3.47. The van der Waals surface area contributed by atoms with Gasteiger partial charge < -0.3 is 25.3 Å². The molecule has 1 aliphatic rings. The summed E-state index contributed by atoms with van der Waals surface area (Å²) in [4.78, 5) is 27.4. The lowest BCUT2D eigenvalue weighted by Gasteiger charge is -2.11. The maximum absolute atomic E-state index is 9.55. The standard InChI is InChI=1S/C13H13ClN4O.C4H4O4/c14-9-1-2-10(12-6-15-8-19-12)11(5-9)18-7-13-16-3-4-17-13;5-3(6)1-2-4(7)8/h1-2,5-6,8,18H,3-4,7H2,(H,16,17);1-2H,(H,5,6)(H,7,8). The van der Waals surface area contributed by atoms with Gasteiger partial charge in [-0.1, -0.05) is 11.6 Å². The molecule has 0 radical (unpaired) electrons. The van der Waals surface area contributed by atoms with Crippen LogP contribution in [-0.2, 0) is 9.59 Å². The Kier molecular flexibility index (Phi) is 7.38. The summed E-state index contributed by atoms with van der Waals surface area (Å²) in [5.74, 6) is -0.844. The molecule has 3 rings (SSSR count). The number of aliphatic carboxylic acids is 2. The molecule has 0 saturated heterocycles. The summed E-state index contributed by atoms with van der Waals surface area (Å²) in [6, 6.07) is 5.61. The van der Waals surface area contributed by atoms with Crippen molar-refractivity contribution in [1.29, 1.82) is 0 Å². The number of nitrogens with zero attached hydrogens (tertiary/aromatic N) is 2. The van der Waals surface area contributed by atoms with Crippen LogP contribution < -0.4 is 10.6 Å². The van der Waals surface area contributed by atoms with Crippen molar-refractivity contribution in [2.24, 2.45) is 4.99 Å². The van der Waals surface area contributed by atoms with Crippen molar-refractivity contribution >= 4 is 35.1 Å². The molecule has 0 fully saturated rings. The van der Waals surface area contributed by atoms with Crippen LogP contribution >= 0.6 is 11.6 Å². The molecule has 1 aliphatic heterocycles. The van der Waals surface area contributed by atoms with Gasteiger partial charge in [0, 0.05) is 35.0 Å². The predicted molar refractivity (Wildman–Crippen MR) is 100 cm³/mol. The number of carboxylic acid groups (broad SMARTS) is 2. The Morgan fingerprint density at radius 2 is 2.04 bits per heavy atom. The highest BCUT2D eigenvalue weighted by Crippen LogP contribution is 2.30. The van der Waals surface area contributed by atoms with E-state index in [0.717, 1.165) is 30.2 Å². The fraction of sp³-hybridized carbons (Fsp3) is 0.176. The van der Waals surface area contributed by atoms with Crippen LogP contribution in [0.4, 0.5) is 5.69 Å². The van der Waals surface area contributed by atoms with Gasteiger partial charge in [0.1, 0.15) is 5.84 Å². The summed E-state index contributed by atoms with van der Waals surface area (Å²) >= 11 is 6.04. The monoisotopic (exact) mass is 392 g/mol. The number of nitrogens with one attached hydrogen (secondary N) is 2. The number of aromatic nitrogens is 1. The summed E-state index contributed by atoms with van der Waals surface area (Å²) in [6.07, 6.45) is 4.21. The normalized spacial score (nSPS) is 12.7. The maximum atomic E-state index is 9.55. The van der Waals surface area contributed by atoms with Crippen LogP contribution in [0.15, 0.2) is 52.4 Å². The van der Waals surface area contributed by atoms with Crippen LogP contribution in [-0.4, -0.2) is 52.6 Å². The van der Waals surface area contributed by atoms with Crippen LogP contribution in [0.25, 0.3) is 11.3 Å². The molecule has 4 N–H and O–H groups in total. The van der Waals surface area contributed by atoms with E-state index in [1.54, 1.807) is 6.20 Å². The number of carbonyl (C=O) groups is 2. The first-order chi connectivity index (χ1) is 13.0. The van der Waals surface area contributed by atoms with Gasteiger partial charge in [-0.3, -0.25) is 4.99 Å². The van der Waals surface area contributed by atoms with Gasteiger partial charge in [-0.15, -0.1) is 0 Å². The molecule has 0 atom stereocenters. The second-order valence-electron chi connectivity index (χ2n) is 5.17. The van der Waals surface area contributed by atoms with Crippen molar-refractivity contribution in [3.8, 4) is 11.3 Å². The third-order valence-electron chi connectivity index (χ3n) is 3.24.